The predicted octanol–water partition coefficient (Wildman–Crippen LogP) is -4.36. The molecule has 11 heavy (non-hydrogen) atoms. The fraction of sp³-hybridized carbons (Fsp3) is 0. The first kappa shape index (κ1) is 17.3. The minimum atomic E-state index is -4.64. The minimum absolute atomic E-state index is 0. The molecule has 0 aromatic carbocycles. The Kier molecular flexibility index (Phi) is 9.01. The summed E-state index contributed by atoms with van der Waals surface area (Å²) in [6, 6.07) is 0. The Labute approximate surface area is 61.8 Å². The maximum atomic E-state index is 8.88. The molecule has 0 saturated heterocycles. The summed E-state index contributed by atoms with van der Waals surface area (Å²) in [4.78, 5) is 50.9. The standard InChI is InChI=1S/H3O4P.H4O4Si.H2O/c2*1-5(2,3)4;/h(H3,1,2,3,4);1-4H;1H2. The molecule has 9 N–H and O–H groups in total. The highest BCUT2D eigenvalue weighted by atomic mass is 31.2. The lowest BCUT2D eigenvalue weighted by atomic mass is 15.7. The molecule has 0 bridgehead atoms. The Morgan fingerprint density at radius 2 is 0.909 bits per heavy atom. The first-order valence-electron chi connectivity index (χ1n) is 1.68. The lowest BCUT2D eigenvalue weighted by Crippen LogP contribution is -2.33. The monoisotopic (exact) mass is 212 g/mol. The molecule has 0 saturated carbocycles. The van der Waals surface area contributed by atoms with Gasteiger partial charge in [-0.1, -0.05) is 0 Å². The van der Waals surface area contributed by atoms with Gasteiger partial charge in [0.05, 0.1) is 0 Å². The van der Waals surface area contributed by atoms with Crippen LogP contribution in [0.15, 0.2) is 0 Å². The molecule has 0 fully saturated rings. The summed E-state index contributed by atoms with van der Waals surface area (Å²) < 4.78 is 8.88. The third-order valence-corrected chi connectivity index (χ3v) is 0. The summed E-state index contributed by atoms with van der Waals surface area (Å²) in [7, 11) is -9.25. The van der Waals surface area contributed by atoms with Gasteiger partial charge in [-0.3, -0.25) is 0 Å². The van der Waals surface area contributed by atoms with E-state index in [0.717, 1.165) is 0 Å². The van der Waals surface area contributed by atoms with E-state index in [9.17, 15) is 0 Å². The molecule has 9 nitrogen and oxygen atoms in total. The SMILES string of the molecule is O.O=P(O)(O)O.O[Si](O)(O)O. The van der Waals surface area contributed by atoms with Crippen molar-refractivity contribution in [3.8, 4) is 0 Å². The quantitative estimate of drug-likeness (QED) is 0.155. The third-order valence-electron chi connectivity index (χ3n) is 0. The molecular formula is H9O9PSi. The highest BCUT2D eigenvalue weighted by molar-refractivity contribution is 7.45. The fourth-order valence-corrected chi connectivity index (χ4v) is 0. The van der Waals surface area contributed by atoms with E-state index in [2.05, 4.69) is 0 Å². The molecule has 0 heterocycles. The van der Waals surface area contributed by atoms with Crippen molar-refractivity contribution in [2.45, 2.75) is 0 Å². The van der Waals surface area contributed by atoms with Crippen LogP contribution in [-0.2, 0) is 4.57 Å². The molecule has 0 aliphatic carbocycles. The number of rotatable bonds is 0. The summed E-state index contributed by atoms with van der Waals surface area (Å²) in [5.41, 5.74) is 0. The van der Waals surface area contributed by atoms with Gasteiger partial charge in [-0.25, -0.2) is 4.57 Å². The van der Waals surface area contributed by atoms with Gasteiger partial charge in [-0.05, 0) is 0 Å². The number of hydrogen-bond donors (Lipinski definition) is 7. The summed E-state index contributed by atoms with van der Waals surface area (Å²) in [5, 5.41) is 0. The Morgan fingerprint density at radius 3 is 0.909 bits per heavy atom. The van der Waals surface area contributed by atoms with Gasteiger partial charge in [0.2, 0.25) is 0 Å². The van der Waals surface area contributed by atoms with Crippen molar-refractivity contribution in [2.75, 3.05) is 0 Å². The zero-order valence-electron chi connectivity index (χ0n) is 4.99. The summed E-state index contributed by atoms with van der Waals surface area (Å²) in [6.07, 6.45) is 0. The Balaban J connectivity index is -0.000000107. The first-order valence-corrected chi connectivity index (χ1v) is 5.03. The van der Waals surface area contributed by atoms with Crippen molar-refractivity contribution in [1.82, 2.24) is 0 Å². The van der Waals surface area contributed by atoms with E-state index in [1.165, 1.54) is 0 Å². The molecule has 0 aliphatic heterocycles. The maximum Gasteiger partial charge on any atom is 0.668 e. The highest BCUT2D eigenvalue weighted by Gasteiger charge is 2.22. The minimum Gasteiger partial charge on any atom is -0.412 e. The van der Waals surface area contributed by atoms with Gasteiger partial charge in [-0.15, -0.1) is 0 Å². The molecule has 72 valence electrons. The van der Waals surface area contributed by atoms with Crippen molar-refractivity contribution in [3.63, 3.8) is 0 Å². The molecule has 0 spiro atoms. The van der Waals surface area contributed by atoms with Crippen molar-refractivity contribution < 1.29 is 43.9 Å². The second-order valence-electron chi connectivity index (χ2n) is 1.11. The molecule has 0 aliphatic rings. The number of phosphoric acid groups is 1. The molecule has 0 unspecified atom stereocenters. The van der Waals surface area contributed by atoms with Crippen LogP contribution in [0.25, 0.3) is 0 Å². The highest BCUT2D eigenvalue weighted by Crippen LogP contribution is 2.25. The second-order valence-corrected chi connectivity index (χ2v) is 3.34. The third kappa shape index (κ3) is 41500. The average molecular weight is 212 g/mol. The van der Waals surface area contributed by atoms with Gasteiger partial charge in [0.1, 0.15) is 0 Å². The van der Waals surface area contributed by atoms with Crippen LogP contribution in [0.4, 0.5) is 0 Å². The van der Waals surface area contributed by atoms with Crippen molar-refractivity contribution in [1.29, 1.82) is 0 Å². The largest absolute Gasteiger partial charge is 0.668 e. The molecule has 0 radical (unpaired) electrons. The zero-order valence-corrected chi connectivity index (χ0v) is 6.88. The van der Waals surface area contributed by atoms with Crippen LogP contribution >= 0.6 is 7.82 Å². The topological polar surface area (TPSA) is 190 Å². The van der Waals surface area contributed by atoms with Crippen LogP contribution in [0.1, 0.15) is 0 Å². The van der Waals surface area contributed by atoms with Gasteiger partial charge in [0.25, 0.3) is 0 Å². The van der Waals surface area contributed by atoms with Gasteiger partial charge in [0, 0.05) is 0 Å². The lowest BCUT2D eigenvalue weighted by Gasteiger charge is -1.91. The van der Waals surface area contributed by atoms with Gasteiger partial charge >= 0.3 is 16.9 Å². The van der Waals surface area contributed by atoms with Crippen LogP contribution in [-0.4, -0.2) is 48.4 Å². The van der Waals surface area contributed by atoms with Crippen molar-refractivity contribution in [3.05, 3.63) is 0 Å². The van der Waals surface area contributed by atoms with Crippen LogP contribution < -0.4 is 0 Å². The average Bonchev–Trinajstić information content (AvgIpc) is 1.12. The van der Waals surface area contributed by atoms with E-state index in [4.69, 9.17) is 38.4 Å². The van der Waals surface area contributed by atoms with Crippen LogP contribution in [0.3, 0.4) is 0 Å². The van der Waals surface area contributed by atoms with Gasteiger partial charge in [0.15, 0.2) is 0 Å². The van der Waals surface area contributed by atoms with Crippen LogP contribution in [0.2, 0.25) is 0 Å². The maximum absolute atomic E-state index is 8.88. The van der Waals surface area contributed by atoms with E-state index in [0.29, 0.717) is 0 Å². The summed E-state index contributed by atoms with van der Waals surface area (Å²) >= 11 is 0. The Morgan fingerprint density at radius 1 is 0.909 bits per heavy atom. The van der Waals surface area contributed by atoms with E-state index < -0.39 is 16.9 Å². The number of hydrogen-bond acceptors (Lipinski definition) is 5. The van der Waals surface area contributed by atoms with Crippen molar-refractivity contribution in [2.24, 2.45) is 0 Å². The molecule has 11 heteroatoms. The van der Waals surface area contributed by atoms with E-state index in [1.54, 1.807) is 0 Å². The molecule has 0 amide bonds. The van der Waals surface area contributed by atoms with E-state index in [1.807, 2.05) is 0 Å². The van der Waals surface area contributed by atoms with Crippen LogP contribution in [0.5, 0.6) is 0 Å². The summed E-state index contributed by atoms with van der Waals surface area (Å²) in [6.45, 7) is 0. The molecule has 0 rings (SSSR count). The van der Waals surface area contributed by atoms with Gasteiger partial charge in [-0.2, -0.15) is 0 Å². The second kappa shape index (κ2) is 5.74. The van der Waals surface area contributed by atoms with Crippen molar-refractivity contribution >= 4 is 16.9 Å². The first-order chi connectivity index (χ1) is 4.00. The van der Waals surface area contributed by atoms with E-state index in [-0.39, 0.29) is 5.48 Å². The molecular weight excluding hydrogens is 203 g/mol. The summed E-state index contributed by atoms with van der Waals surface area (Å²) in [5.74, 6) is 0. The smallest absolute Gasteiger partial charge is 0.412 e. The van der Waals surface area contributed by atoms with E-state index >= 15 is 0 Å². The Hall–Kier alpha value is 0.127. The normalized spacial score (nSPS) is 10.8. The predicted molar refractivity (Wildman–Crippen MR) is 32.5 cm³/mol. The fourth-order valence-electron chi connectivity index (χ4n) is 0. The van der Waals surface area contributed by atoms with Crippen LogP contribution in [0, 0.1) is 0 Å². The lowest BCUT2D eigenvalue weighted by molar-refractivity contribution is 0.117. The Bertz CT molecular complexity index is 102. The molecule has 0 atom stereocenters. The molecule has 0 aromatic heterocycles. The molecule has 0 aromatic rings. The van der Waals surface area contributed by atoms with Gasteiger partial charge < -0.3 is 39.3 Å². The zero-order chi connectivity index (χ0) is 9.00.